The maximum absolute atomic E-state index is 12.2. The van der Waals surface area contributed by atoms with Crippen molar-refractivity contribution in [1.29, 1.82) is 0 Å². The number of fused-ring (bicyclic) bond motifs is 1. The molecule has 1 atom stereocenters. The van der Waals surface area contributed by atoms with E-state index < -0.39 is 11.6 Å². The van der Waals surface area contributed by atoms with E-state index in [0.717, 1.165) is 12.8 Å². The van der Waals surface area contributed by atoms with Gasteiger partial charge in [0.05, 0.1) is 11.4 Å². The molecule has 0 bridgehead atoms. The van der Waals surface area contributed by atoms with Gasteiger partial charge in [-0.3, -0.25) is 4.79 Å². The number of pyridine rings is 1. The Morgan fingerprint density at radius 2 is 2.04 bits per heavy atom. The number of rotatable bonds is 1. The van der Waals surface area contributed by atoms with Crippen LogP contribution in [0.15, 0.2) is 35.3 Å². The van der Waals surface area contributed by atoms with Crippen molar-refractivity contribution in [2.45, 2.75) is 18.4 Å². The summed E-state index contributed by atoms with van der Waals surface area (Å²) < 4.78 is 0. The van der Waals surface area contributed by atoms with Crippen LogP contribution in [0.4, 0.5) is 10.5 Å². The predicted octanol–water partition coefficient (Wildman–Crippen LogP) is 2.53. The molecule has 126 valence electrons. The zero-order chi connectivity index (χ0) is 17.6. The van der Waals surface area contributed by atoms with Crippen LogP contribution in [0.25, 0.3) is 0 Å². The molecule has 1 fully saturated rings. The minimum atomic E-state index is -0.966. The monoisotopic (exact) mass is 355 g/mol. The van der Waals surface area contributed by atoms with E-state index >= 15 is 0 Å². The van der Waals surface area contributed by atoms with Crippen molar-refractivity contribution >= 4 is 23.3 Å². The molecular formula is C18H14ClN3O3. The Labute approximate surface area is 148 Å². The molecule has 0 spiro atoms. The highest BCUT2D eigenvalue weighted by Gasteiger charge is 2.50. The topological polar surface area (TPSA) is 94.2 Å². The third-order valence-corrected chi connectivity index (χ3v) is 4.63. The number of aromatic amines is 1. The second-order valence-corrected chi connectivity index (χ2v) is 6.63. The maximum Gasteiger partial charge on any atom is 0.320 e. The zero-order valence-electron chi connectivity index (χ0n) is 13.0. The molecule has 6 nitrogen and oxygen atoms in total. The van der Waals surface area contributed by atoms with Crippen LogP contribution >= 0.6 is 11.6 Å². The van der Waals surface area contributed by atoms with Crippen LogP contribution < -0.4 is 16.1 Å². The van der Waals surface area contributed by atoms with Gasteiger partial charge in [-0.15, -0.1) is 0 Å². The largest absolute Gasteiger partial charge is 0.506 e. The van der Waals surface area contributed by atoms with Crippen molar-refractivity contribution in [3.8, 4) is 17.6 Å². The molecule has 7 heteroatoms. The first-order chi connectivity index (χ1) is 12.0. The number of anilines is 1. The van der Waals surface area contributed by atoms with Gasteiger partial charge in [0.2, 0.25) is 0 Å². The number of hydrogen-bond donors (Lipinski definition) is 4. The Hall–Kier alpha value is -2.91. The Bertz CT molecular complexity index is 1000. The third kappa shape index (κ3) is 2.73. The summed E-state index contributed by atoms with van der Waals surface area (Å²) in [4.78, 5) is 26.6. The molecule has 2 aliphatic rings. The zero-order valence-corrected chi connectivity index (χ0v) is 13.8. The number of nitrogens with one attached hydrogen (secondary N) is 3. The molecule has 4 N–H and O–H groups in total. The first-order valence-corrected chi connectivity index (χ1v) is 8.20. The first-order valence-electron chi connectivity index (χ1n) is 7.82. The maximum atomic E-state index is 12.2. The summed E-state index contributed by atoms with van der Waals surface area (Å²) in [5, 5.41) is 16.1. The number of carbonyl (C=O) groups excluding carboxylic acids is 1. The highest BCUT2D eigenvalue weighted by atomic mass is 35.5. The van der Waals surface area contributed by atoms with Gasteiger partial charge in [0.15, 0.2) is 5.43 Å². The smallest absolute Gasteiger partial charge is 0.320 e. The highest BCUT2D eigenvalue weighted by molar-refractivity contribution is 6.31. The van der Waals surface area contributed by atoms with Crippen molar-refractivity contribution in [2.24, 2.45) is 5.92 Å². The van der Waals surface area contributed by atoms with Crippen molar-refractivity contribution in [2.75, 3.05) is 5.32 Å². The predicted molar refractivity (Wildman–Crippen MR) is 93.6 cm³/mol. The lowest BCUT2D eigenvalue weighted by Gasteiger charge is -2.36. The molecule has 25 heavy (non-hydrogen) atoms. The van der Waals surface area contributed by atoms with E-state index in [4.69, 9.17) is 11.6 Å². The molecule has 2 aromatic rings. The summed E-state index contributed by atoms with van der Waals surface area (Å²) in [6.45, 7) is 0. The van der Waals surface area contributed by atoms with E-state index in [1.165, 1.54) is 24.4 Å². The molecule has 1 aliphatic heterocycles. The van der Waals surface area contributed by atoms with Crippen molar-refractivity contribution in [1.82, 2.24) is 10.3 Å². The van der Waals surface area contributed by atoms with Crippen LogP contribution in [0.3, 0.4) is 0 Å². The number of H-pyrrole nitrogens is 1. The summed E-state index contributed by atoms with van der Waals surface area (Å²) in [7, 11) is 0. The summed E-state index contributed by atoms with van der Waals surface area (Å²) in [6, 6.07) is 5.44. The van der Waals surface area contributed by atoms with Crippen LogP contribution in [0.1, 0.15) is 24.1 Å². The fourth-order valence-corrected chi connectivity index (χ4v) is 3.36. The number of benzene rings is 1. The number of hydrogen-bond acceptors (Lipinski definition) is 3. The average molecular weight is 356 g/mol. The van der Waals surface area contributed by atoms with Gasteiger partial charge in [-0.2, -0.15) is 0 Å². The van der Waals surface area contributed by atoms with Gasteiger partial charge < -0.3 is 20.7 Å². The van der Waals surface area contributed by atoms with Crippen molar-refractivity contribution in [3.63, 3.8) is 0 Å². The second kappa shape index (κ2) is 5.57. The highest BCUT2D eigenvalue weighted by Crippen LogP contribution is 2.51. The van der Waals surface area contributed by atoms with Crippen LogP contribution in [0.5, 0.6) is 5.75 Å². The molecule has 4 rings (SSSR count). The lowest BCUT2D eigenvalue weighted by atomic mass is 9.82. The summed E-state index contributed by atoms with van der Waals surface area (Å²) in [5.41, 5.74) is 0.278. The number of carbonyl (C=O) groups is 1. The standard InChI is InChI=1S/C18H14ClN3O3/c19-11-7-14-16(15(24)8-11)21-17(25)22-18(14,10-1-2-10)5-3-12-9-13(23)4-6-20-12/h4,6-10,24H,1-2H2,(H,20,23)(H2,21,22,25)/t18-/m1/s1. The van der Waals surface area contributed by atoms with Crippen LogP contribution in [-0.2, 0) is 5.54 Å². The molecule has 2 heterocycles. The summed E-state index contributed by atoms with van der Waals surface area (Å²) in [5.74, 6) is 6.07. The van der Waals surface area contributed by atoms with Gasteiger partial charge in [-0.25, -0.2) is 4.79 Å². The van der Waals surface area contributed by atoms with Gasteiger partial charge in [-0.05, 0) is 30.7 Å². The number of aromatic hydroxyl groups is 1. The van der Waals surface area contributed by atoms with Gasteiger partial charge in [0.1, 0.15) is 11.3 Å². The van der Waals surface area contributed by atoms with Crippen LogP contribution in [0, 0.1) is 17.8 Å². The minimum Gasteiger partial charge on any atom is -0.506 e. The van der Waals surface area contributed by atoms with Gasteiger partial charge in [-0.1, -0.05) is 17.5 Å². The van der Waals surface area contributed by atoms with Gasteiger partial charge in [0.25, 0.3) is 0 Å². The van der Waals surface area contributed by atoms with E-state index in [2.05, 4.69) is 27.5 Å². The molecule has 0 unspecified atom stereocenters. The minimum absolute atomic E-state index is 0.0997. The second-order valence-electron chi connectivity index (χ2n) is 6.20. The Morgan fingerprint density at radius 3 is 2.76 bits per heavy atom. The fraction of sp³-hybridized carbons (Fsp3) is 0.222. The van der Waals surface area contributed by atoms with Crippen molar-refractivity contribution < 1.29 is 9.90 Å². The van der Waals surface area contributed by atoms with E-state index in [1.54, 1.807) is 6.07 Å². The Morgan fingerprint density at radius 1 is 1.24 bits per heavy atom. The quantitative estimate of drug-likeness (QED) is 0.467. The van der Waals surface area contributed by atoms with E-state index in [1.807, 2.05) is 0 Å². The summed E-state index contributed by atoms with van der Waals surface area (Å²) >= 11 is 6.11. The number of halogens is 1. The number of urea groups is 1. The molecule has 1 aromatic carbocycles. The lowest BCUT2D eigenvalue weighted by molar-refractivity contribution is 0.238. The molecule has 1 saturated carbocycles. The van der Waals surface area contributed by atoms with E-state index in [-0.39, 0.29) is 17.1 Å². The van der Waals surface area contributed by atoms with Gasteiger partial charge >= 0.3 is 6.03 Å². The number of phenolic OH excluding ortho intramolecular Hbond substituents is 1. The Balaban J connectivity index is 1.91. The molecule has 0 radical (unpaired) electrons. The number of phenols is 1. The van der Waals surface area contributed by atoms with Crippen LogP contribution in [-0.4, -0.2) is 16.1 Å². The normalized spacial score (nSPS) is 21.4. The molecule has 1 aliphatic carbocycles. The fourth-order valence-electron chi connectivity index (χ4n) is 3.15. The van der Waals surface area contributed by atoms with Gasteiger partial charge in [0, 0.05) is 35.0 Å². The van der Waals surface area contributed by atoms with Crippen molar-refractivity contribution in [3.05, 3.63) is 57.0 Å². The molecule has 2 amide bonds. The average Bonchev–Trinajstić information content (AvgIpc) is 3.39. The molecule has 0 saturated heterocycles. The first kappa shape index (κ1) is 15.6. The molecule has 1 aromatic heterocycles. The number of amides is 2. The Kier molecular flexibility index (Phi) is 3.48. The summed E-state index contributed by atoms with van der Waals surface area (Å²) in [6.07, 6.45) is 3.31. The van der Waals surface area contributed by atoms with E-state index in [9.17, 15) is 14.7 Å². The lowest BCUT2D eigenvalue weighted by Crippen LogP contribution is -2.52. The molecular weight excluding hydrogens is 342 g/mol. The van der Waals surface area contributed by atoms with E-state index in [0.29, 0.717) is 22.0 Å². The number of aromatic nitrogens is 1. The SMILES string of the molecule is O=C1Nc2c(O)cc(Cl)cc2[C@@](C#Cc2cc(=O)cc[nH]2)(C2CC2)N1. The van der Waals surface area contributed by atoms with Crippen LogP contribution in [0.2, 0.25) is 5.02 Å². The third-order valence-electron chi connectivity index (χ3n) is 4.41.